The van der Waals surface area contributed by atoms with Gasteiger partial charge in [-0.05, 0) is 17.7 Å². The maximum absolute atomic E-state index is 11.9. The van der Waals surface area contributed by atoms with Crippen molar-refractivity contribution in [3.05, 3.63) is 29.8 Å². The van der Waals surface area contributed by atoms with Crippen LogP contribution >= 0.6 is 0 Å². The molecule has 2 N–H and O–H groups in total. The topological polar surface area (TPSA) is 65.3 Å². The molecule has 0 fully saturated rings. The van der Waals surface area contributed by atoms with Gasteiger partial charge in [0.25, 0.3) is 0 Å². The molecule has 0 saturated heterocycles. The van der Waals surface area contributed by atoms with Crippen LogP contribution in [0.2, 0.25) is 0 Å². The van der Waals surface area contributed by atoms with E-state index in [-0.39, 0.29) is 18.9 Å². The quantitative estimate of drug-likeness (QED) is 0.792. The van der Waals surface area contributed by atoms with Gasteiger partial charge in [-0.2, -0.15) is 14.0 Å². The smallest absolute Gasteiger partial charge is 0.387 e. The molecular weight excluding hydrogens is 230 g/mol. The van der Waals surface area contributed by atoms with E-state index in [1.165, 1.54) is 24.3 Å². The molecule has 1 aromatic carbocycles. The number of hydrogen-bond donors (Lipinski definition) is 2. The average Bonchev–Trinajstić information content (AvgIpc) is 2.31. The molecule has 0 saturated carbocycles. The Bertz CT molecular complexity index is 376. The van der Waals surface area contributed by atoms with Crippen LogP contribution in [-0.2, 0) is 0 Å². The molecule has 0 amide bonds. The molecule has 0 radical (unpaired) electrons. The minimum absolute atomic E-state index is 0.0441. The van der Waals surface area contributed by atoms with Crippen molar-refractivity contribution in [2.24, 2.45) is 0 Å². The number of aliphatic hydroxyl groups excluding tert-OH is 1. The van der Waals surface area contributed by atoms with Crippen LogP contribution < -0.4 is 10.1 Å². The van der Waals surface area contributed by atoms with E-state index in [1.807, 2.05) is 6.07 Å². The number of nitriles is 1. The Hall–Kier alpha value is -1.71. The fourth-order valence-corrected chi connectivity index (χ4v) is 1.29. The number of halogens is 2. The van der Waals surface area contributed by atoms with Gasteiger partial charge in [0.2, 0.25) is 0 Å². The minimum Gasteiger partial charge on any atom is -0.435 e. The van der Waals surface area contributed by atoms with Crippen molar-refractivity contribution in [1.82, 2.24) is 5.32 Å². The molecule has 0 heterocycles. The van der Waals surface area contributed by atoms with E-state index >= 15 is 0 Å². The molecule has 1 rings (SSSR count). The normalized spacial score (nSPS) is 12.2. The molecule has 4 nitrogen and oxygen atoms in total. The maximum atomic E-state index is 11.9. The lowest BCUT2D eigenvalue weighted by Crippen LogP contribution is -2.23. The zero-order chi connectivity index (χ0) is 12.7. The van der Waals surface area contributed by atoms with Crippen molar-refractivity contribution >= 4 is 0 Å². The van der Waals surface area contributed by atoms with Crippen molar-refractivity contribution < 1.29 is 18.6 Å². The fraction of sp³-hybridized carbons (Fsp3) is 0.364. The lowest BCUT2D eigenvalue weighted by molar-refractivity contribution is -0.0498. The maximum Gasteiger partial charge on any atom is 0.387 e. The zero-order valence-electron chi connectivity index (χ0n) is 8.94. The first-order valence-corrected chi connectivity index (χ1v) is 4.96. The highest BCUT2D eigenvalue weighted by Gasteiger charge is 2.10. The van der Waals surface area contributed by atoms with Gasteiger partial charge in [0, 0.05) is 6.54 Å². The highest BCUT2D eigenvalue weighted by atomic mass is 19.3. The molecule has 1 atom stereocenters. The third-order valence-electron chi connectivity index (χ3n) is 2.03. The summed E-state index contributed by atoms with van der Waals surface area (Å²) >= 11 is 0. The van der Waals surface area contributed by atoms with Crippen LogP contribution in [-0.4, -0.2) is 24.9 Å². The molecule has 0 spiro atoms. The third-order valence-corrected chi connectivity index (χ3v) is 2.03. The van der Waals surface area contributed by atoms with Gasteiger partial charge >= 0.3 is 6.61 Å². The van der Waals surface area contributed by atoms with Gasteiger partial charge in [0.1, 0.15) is 11.8 Å². The monoisotopic (exact) mass is 242 g/mol. The first-order chi connectivity index (χ1) is 8.17. The van der Waals surface area contributed by atoms with Crippen LogP contribution in [0.4, 0.5) is 8.78 Å². The molecule has 0 aromatic heterocycles. The summed E-state index contributed by atoms with van der Waals surface area (Å²) in [6.45, 7) is -2.65. The van der Waals surface area contributed by atoms with Crippen LogP contribution in [0.15, 0.2) is 24.3 Å². The number of ether oxygens (including phenoxy) is 1. The highest BCUT2D eigenvalue weighted by Crippen LogP contribution is 2.18. The standard InChI is InChI=1S/C11H12F2N2O2/c12-11(13)17-9-3-1-8(2-4-9)10(7-14)15-5-6-16/h1-4,10-11,15-16H,5-6H2. The summed E-state index contributed by atoms with van der Waals surface area (Å²) in [6, 6.07) is 7.20. The first kappa shape index (κ1) is 13.4. The van der Waals surface area contributed by atoms with E-state index in [2.05, 4.69) is 10.1 Å². The number of aliphatic hydroxyl groups is 1. The SMILES string of the molecule is N#CC(NCCO)c1ccc(OC(F)F)cc1. The largest absolute Gasteiger partial charge is 0.435 e. The lowest BCUT2D eigenvalue weighted by Gasteiger charge is -2.11. The summed E-state index contributed by atoms with van der Waals surface area (Å²) in [5.41, 5.74) is 0.627. The molecule has 17 heavy (non-hydrogen) atoms. The first-order valence-electron chi connectivity index (χ1n) is 4.96. The number of hydrogen-bond acceptors (Lipinski definition) is 4. The van der Waals surface area contributed by atoms with E-state index in [1.54, 1.807) is 0 Å². The Morgan fingerprint density at radius 3 is 2.47 bits per heavy atom. The Morgan fingerprint density at radius 2 is 2.00 bits per heavy atom. The van der Waals surface area contributed by atoms with E-state index in [4.69, 9.17) is 10.4 Å². The van der Waals surface area contributed by atoms with Crippen molar-refractivity contribution in [2.45, 2.75) is 12.7 Å². The van der Waals surface area contributed by atoms with Crippen LogP contribution in [0, 0.1) is 11.3 Å². The molecule has 0 aliphatic heterocycles. The zero-order valence-corrected chi connectivity index (χ0v) is 8.94. The number of benzene rings is 1. The average molecular weight is 242 g/mol. The molecule has 1 unspecified atom stereocenters. The van der Waals surface area contributed by atoms with E-state index in [0.717, 1.165) is 0 Å². The summed E-state index contributed by atoms with van der Waals surface area (Å²) in [7, 11) is 0. The Labute approximate surface area is 97.4 Å². The third kappa shape index (κ3) is 4.34. The molecule has 0 aliphatic rings. The Morgan fingerprint density at radius 1 is 1.35 bits per heavy atom. The number of nitrogens with one attached hydrogen (secondary N) is 1. The number of alkyl halides is 2. The van der Waals surface area contributed by atoms with Crippen molar-refractivity contribution in [3.63, 3.8) is 0 Å². The molecule has 0 bridgehead atoms. The number of rotatable bonds is 6. The van der Waals surface area contributed by atoms with E-state index in [9.17, 15) is 8.78 Å². The second kappa shape index (κ2) is 6.78. The van der Waals surface area contributed by atoms with Crippen molar-refractivity contribution in [2.75, 3.05) is 13.2 Å². The molecular formula is C11H12F2N2O2. The Balaban J connectivity index is 2.68. The van der Waals surface area contributed by atoms with Gasteiger partial charge in [0.15, 0.2) is 0 Å². The van der Waals surface area contributed by atoms with Crippen LogP contribution in [0.5, 0.6) is 5.75 Å². The van der Waals surface area contributed by atoms with Gasteiger partial charge in [-0.3, -0.25) is 5.32 Å². The summed E-state index contributed by atoms with van der Waals surface area (Å²) in [6.07, 6.45) is 0. The van der Waals surface area contributed by atoms with Gasteiger partial charge in [0.05, 0.1) is 12.7 Å². The summed E-state index contributed by atoms with van der Waals surface area (Å²) in [4.78, 5) is 0. The van der Waals surface area contributed by atoms with E-state index < -0.39 is 12.7 Å². The van der Waals surface area contributed by atoms with Gasteiger partial charge in [-0.25, -0.2) is 0 Å². The summed E-state index contributed by atoms with van der Waals surface area (Å²) in [5.74, 6) is 0.0441. The predicted octanol–water partition coefficient (Wildman–Crippen LogP) is 1.43. The van der Waals surface area contributed by atoms with E-state index in [0.29, 0.717) is 5.56 Å². The summed E-state index contributed by atoms with van der Waals surface area (Å²) < 4.78 is 28.0. The fourth-order valence-electron chi connectivity index (χ4n) is 1.29. The van der Waals surface area contributed by atoms with Crippen LogP contribution in [0.25, 0.3) is 0 Å². The summed E-state index contributed by atoms with van der Waals surface area (Å²) in [5, 5.41) is 20.3. The molecule has 1 aromatic rings. The molecule has 6 heteroatoms. The predicted molar refractivity (Wildman–Crippen MR) is 56.5 cm³/mol. The molecule has 0 aliphatic carbocycles. The van der Waals surface area contributed by atoms with Crippen molar-refractivity contribution in [3.8, 4) is 11.8 Å². The lowest BCUT2D eigenvalue weighted by atomic mass is 10.1. The second-order valence-electron chi connectivity index (χ2n) is 3.19. The minimum atomic E-state index is -2.86. The van der Waals surface area contributed by atoms with Crippen LogP contribution in [0.1, 0.15) is 11.6 Å². The Kier molecular flexibility index (Phi) is 5.33. The highest BCUT2D eigenvalue weighted by molar-refractivity contribution is 5.31. The van der Waals surface area contributed by atoms with Gasteiger partial charge < -0.3 is 9.84 Å². The second-order valence-corrected chi connectivity index (χ2v) is 3.19. The van der Waals surface area contributed by atoms with Crippen molar-refractivity contribution in [1.29, 1.82) is 5.26 Å². The number of nitrogens with zero attached hydrogens (tertiary/aromatic N) is 1. The molecule has 92 valence electrons. The van der Waals surface area contributed by atoms with Crippen LogP contribution in [0.3, 0.4) is 0 Å². The van der Waals surface area contributed by atoms with Gasteiger partial charge in [-0.1, -0.05) is 12.1 Å². The van der Waals surface area contributed by atoms with Gasteiger partial charge in [-0.15, -0.1) is 0 Å².